The number of hydrogen-bond donors (Lipinski definition) is 1. The van der Waals surface area contributed by atoms with Gasteiger partial charge in [0.05, 0.1) is 0 Å². The minimum atomic E-state index is -4.10. The zero-order valence-corrected chi connectivity index (χ0v) is 15.8. The Labute approximate surface area is 149 Å². The molecule has 0 bridgehead atoms. The summed E-state index contributed by atoms with van der Waals surface area (Å²) in [5.41, 5.74) is 0.343. The largest absolute Gasteiger partial charge is 0.368 e. The monoisotopic (exact) mass is 364 g/mol. The quantitative estimate of drug-likeness (QED) is 0.802. The highest BCUT2D eigenvalue weighted by molar-refractivity contribution is 7.94. The number of sulfonamides is 1. The van der Waals surface area contributed by atoms with Gasteiger partial charge in [0.2, 0.25) is 21.6 Å². The molecule has 0 aromatic heterocycles. The van der Waals surface area contributed by atoms with Gasteiger partial charge in [-0.05, 0) is 19.8 Å². The van der Waals surface area contributed by atoms with Crippen LogP contribution in [-0.4, -0.2) is 44.5 Å². The summed E-state index contributed by atoms with van der Waals surface area (Å²) in [4.78, 5) is 27.1. The van der Waals surface area contributed by atoms with E-state index in [0.29, 0.717) is 13.1 Å². The summed E-state index contributed by atoms with van der Waals surface area (Å²) in [6.07, 6.45) is 0. The topological polar surface area (TPSA) is 83.6 Å². The molecule has 1 aliphatic carbocycles. The Balaban J connectivity index is 2.69. The Kier molecular flexibility index (Phi) is 5.80. The number of benzene rings is 1. The van der Waals surface area contributed by atoms with Crippen molar-refractivity contribution in [1.29, 1.82) is 0 Å². The van der Waals surface area contributed by atoms with Crippen molar-refractivity contribution in [2.24, 2.45) is 5.92 Å². The van der Waals surface area contributed by atoms with Crippen LogP contribution in [0.25, 0.3) is 0 Å². The van der Waals surface area contributed by atoms with Crippen LogP contribution in [0.5, 0.6) is 0 Å². The number of nitrogens with one attached hydrogen (secondary N) is 1. The van der Waals surface area contributed by atoms with Crippen molar-refractivity contribution in [3.63, 3.8) is 0 Å². The van der Waals surface area contributed by atoms with E-state index >= 15 is 0 Å². The molecule has 2 rings (SSSR count). The van der Waals surface area contributed by atoms with Crippen molar-refractivity contribution in [3.05, 3.63) is 46.0 Å². The van der Waals surface area contributed by atoms with Gasteiger partial charge in [0.1, 0.15) is 5.70 Å². The van der Waals surface area contributed by atoms with Crippen molar-refractivity contribution >= 4 is 21.6 Å². The molecule has 6 nitrogen and oxygen atoms in total. The Morgan fingerprint density at radius 2 is 1.52 bits per heavy atom. The van der Waals surface area contributed by atoms with Gasteiger partial charge < -0.3 is 4.90 Å². The third-order valence-corrected chi connectivity index (χ3v) is 5.55. The van der Waals surface area contributed by atoms with Gasteiger partial charge in [-0.15, -0.1) is 0 Å². The van der Waals surface area contributed by atoms with Crippen LogP contribution in [0.3, 0.4) is 0 Å². The second kappa shape index (κ2) is 7.49. The average Bonchev–Trinajstić information content (AvgIpc) is 2.58. The molecule has 7 heteroatoms. The van der Waals surface area contributed by atoms with Gasteiger partial charge in [-0.3, -0.25) is 9.59 Å². The Morgan fingerprint density at radius 1 is 1.00 bits per heavy atom. The van der Waals surface area contributed by atoms with Crippen LogP contribution in [0.4, 0.5) is 0 Å². The summed E-state index contributed by atoms with van der Waals surface area (Å²) in [7, 11) is -4.10. The van der Waals surface area contributed by atoms with E-state index in [9.17, 15) is 18.0 Å². The van der Waals surface area contributed by atoms with Crippen molar-refractivity contribution in [3.8, 4) is 0 Å². The predicted octanol–water partition coefficient (Wildman–Crippen LogP) is 2.19. The molecule has 136 valence electrons. The van der Waals surface area contributed by atoms with E-state index in [1.165, 1.54) is 6.07 Å². The molecular weight excluding hydrogens is 340 g/mol. The lowest BCUT2D eigenvalue weighted by atomic mass is 9.92. The van der Waals surface area contributed by atoms with E-state index in [4.69, 9.17) is 0 Å². The fourth-order valence-electron chi connectivity index (χ4n) is 2.76. The standard InChI is InChI=1S/C18H24N2O4S/c1-5-20(6-2)15-16(21)13-9-7-8-10-14(13)17(22)18(15)25(23,24)19-11-12(3)4/h7-10,12,19H,5-6,11H2,1-4H3. The molecule has 0 saturated carbocycles. The normalized spacial score (nSPS) is 14.9. The van der Waals surface area contributed by atoms with Crippen LogP contribution >= 0.6 is 0 Å². The molecule has 0 unspecified atom stereocenters. The van der Waals surface area contributed by atoms with Gasteiger partial charge in [0.25, 0.3) is 0 Å². The highest BCUT2D eigenvalue weighted by Crippen LogP contribution is 2.31. The number of hydrogen-bond acceptors (Lipinski definition) is 5. The van der Waals surface area contributed by atoms with Crippen molar-refractivity contribution in [2.45, 2.75) is 27.7 Å². The molecule has 1 aliphatic rings. The first-order valence-electron chi connectivity index (χ1n) is 8.41. The van der Waals surface area contributed by atoms with E-state index in [1.807, 2.05) is 27.7 Å². The number of likely N-dealkylation sites (N-methyl/N-ethyl adjacent to an activating group) is 1. The molecule has 0 heterocycles. The van der Waals surface area contributed by atoms with Crippen LogP contribution in [0.15, 0.2) is 34.9 Å². The second-order valence-corrected chi connectivity index (χ2v) is 8.00. The molecule has 0 radical (unpaired) electrons. The van der Waals surface area contributed by atoms with Crippen LogP contribution in [0, 0.1) is 5.92 Å². The molecule has 0 aliphatic heterocycles. The van der Waals surface area contributed by atoms with E-state index in [-0.39, 0.29) is 29.3 Å². The lowest BCUT2D eigenvalue weighted by Crippen LogP contribution is -2.40. The number of carbonyl (C=O) groups is 2. The van der Waals surface area contributed by atoms with E-state index in [1.54, 1.807) is 23.1 Å². The number of fused-ring (bicyclic) bond motifs is 1. The summed E-state index contributed by atoms with van der Waals surface area (Å²) in [5.74, 6) is -0.980. The lowest BCUT2D eigenvalue weighted by Gasteiger charge is -2.29. The zero-order valence-electron chi connectivity index (χ0n) is 15.0. The van der Waals surface area contributed by atoms with Crippen LogP contribution in [-0.2, 0) is 10.0 Å². The molecule has 0 amide bonds. The maximum atomic E-state index is 13.0. The van der Waals surface area contributed by atoms with Crippen molar-refractivity contribution < 1.29 is 18.0 Å². The lowest BCUT2D eigenvalue weighted by molar-refractivity contribution is 0.0949. The van der Waals surface area contributed by atoms with Crippen molar-refractivity contribution in [2.75, 3.05) is 19.6 Å². The zero-order chi connectivity index (χ0) is 18.8. The number of rotatable bonds is 7. The van der Waals surface area contributed by atoms with Gasteiger partial charge >= 0.3 is 0 Å². The van der Waals surface area contributed by atoms with Gasteiger partial charge in [-0.2, -0.15) is 0 Å². The smallest absolute Gasteiger partial charge is 0.246 e. The van der Waals surface area contributed by atoms with Gasteiger partial charge in [-0.1, -0.05) is 38.1 Å². The number of allylic oxidation sites excluding steroid dienone is 2. The highest BCUT2D eigenvalue weighted by Gasteiger charge is 2.40. The number of nitrogens with zero attached hydrogens (tertiary/aromatic N) is 1. The summed E-state index contributed by atoms with van der Waals surface area (Å²) in [5, 5.41) is 0. The molecule has 25 heavy (non-hydrogen) atoms. The molecule has 1 N–H and O–H groups in total. The minimum absolute atomic E-state index is 0.0371. The first kappa shape index (κ1) is 19.3. The molecule has 0 fully saturated rings. The number of Topliss-reactive ketones (excluding diaryl/α,β-unsaturated/α-hetero) is 2. The highest BCUT2D eigenvalue weighted by atomic mass is 32.2. The van der Waals surface area contributed by atoms with Gasteiger partial charge in [0.15, 0.2) is 4.91 Å². The predicted molar refractivity (Wildman–Crippen MR) is 96.8 cm³/mol. The fraction of sp³-hybridized carbons (Fsp3) is 0.444. The van der Waals surface area contributed by atoms with Crippen LogP contribution in [0.1, 0.15) is 48.4 Å². The summed E-state index contributed by atoms with van der Waals surface area (Å²) in [6, 6.07) is 6.34. The van der Waals surface area contributed by atoms with Crippen LogP contribution < -0.4 is 4.72 Å². The van der Waals surface area contributed by atoms with Crippen LogP contribution in [0.2, 0.25) is 0 Å². The summed E-state index contributed by atoms with van der Waals surface area (Å²) >= 11 is 0. The average molecular weight is 364 g/mol. The Hall–Kier alpha value is -1.99. The molecule has 1 aromatic carbocycles. The maximum Gasteiger partial charge on any atom is 0.246 e. The second-order valence-electron chi connectivity index (χ2n) is 6.30. The molecule has 0 saturated heterocycles. The minimum Gasteiger partial charge on any atom is -0.368 e. The molecule has 0 atom stereocenters. The molecule has 1 aromatic rings. The third kappa shape index (κ3) is 3.67. The maximum absolute atomic E-state index is 13.0. The number of ketones is 2. The fourth-order valence-corrected chi connectivity index (χ4v) is 4.29. The SMILES string of the molecule is CCN(CC)C1=C(S(=O)(=O)NCC(C)C)C(=O)c2ccccc2C1=O. The molecule has 0 spiro atoms. The van der Waals surface area contributed by atoms with E-state index < -0.39 is 26.5 Å². The van der Waals surface area contributed by atoms with Crippen molar-refractivity contribution in [1.82, 2.24) is 9.62 Å². The summed E-state index contributed by atoms with van der Waals surface area (Å²) in [6.45, 7) is 8.42. The number of carbonyl (C=O) groups excluding carboxylic acids is 2. The van der Waals surface area contributed by atoms with Gasteiger partial charge in [0, 0.05) is 30.8 Å². The van der Waals surface area contributed by atoms with Gasteiger partial charge in [-0.25, -0.2) is 13.1 Å². The molecular formula is C18H24N2O4S. The van der Waals surface area contributed by atoms with E-state index in [2.05, 4.69) is 4.72 Å². The summed E-state index contributed by atoms with van der Waals surface area (Å²) < 4.78 is 28.1. The third-order valence-electron chi connectivity index (χ3n) is 4.08. The first-order chi connectivity index (χ1) is 11.7. The Morgan fingerprint density at radius 3 is 2.00 bits per heavy atom. The Bertz CT molecular complexity index is 821. The van der Waals surface area contributed by atoms with E-state index in [0.717, 1.165) is 0 Å². The first-order valence-corrected chi connectivity index (χ1v) is 9.90.